The zero-order chi connectivity index (χ0) is 21.9. The molecule has 0 spiro atoms. The highest BCUT2D eigenvalue weighted by Gasteiger charge is 2.16. The Kier molecular flexibility index (Phi) is 5.99. The second kappa shape index (κ2) is 8.47. The average Bonchev–Trinajstić information content (AvgIpc) is 2.71. The lowest BCUT2D eigenvalue weighted by Gasteiger charge is -2.10. The number of nitrogens with one attached hydrogen (secondary N) is 2. The molecule has 0 aliphatic heterocycles. The molecule has 1 amide bonds. The van der Waals surface area contributed by atoms with Gasteiger partial charge in [0, 0.05) is 23.4 Å². The lowest BCUT2D eigenvalue weighted by molar-refractivity contribution is -0.384. The maximum absolute atomic E-state index is 13.2. The largest absolute Gasteiger partial charge is 0.322 e. The van der Waals surface area contributed by atoms with E-state index in [1.165, 1.54) is 48.5 Å². The molecule has 0 radical (unpaired) electrons. The van der Waals surface area contributed by atoms with Gasteiger partial charge in [-0.2, -0.15) is 0 Å². The van der Waals surface area contributed by atoms with Crippen LogP contribution in [0.15, 0.2) is 71.6 Å². The number of nitro groups is 1. The molecule has 3 aromatic carbocycles. The predicted octanol–water partition coefficient (Wildman–Crippen LogP) is 4.44. The van der Waals surface area contributed by atoms with Crippen molar-refractivity contribution in [2.45, 2.75) is 4.90 Å². The molecule has 0 aromatic heterocycles. The number of hydrogen-bond acceptors (Lipinski definition) is 5. The Morgan fingerprint density at radius 3 is 2.30 bits per heavy atom. The number of carbonyl (C=O) groups is 1. The van der Waals surface area contributed by atoms with Crippen LogP contribution in [-0.4, -0.2) is 19.2 Å². The van der Waals surface area contributed by atoms with Gasteiger partial charge in [-0.1, -0.05) is 17.7 Å². The third-order valence-electron chi connectivity index (χ3n) is 3.91. The molecule has 3 rings (SSSR count). The third kappa shape index (κ3) is 4.91. The number of carbonyl (C=O) groups excluding carboxylic acids is 1. The van der Waals surface area contributed by atoms with Gasteiger partial charge in [0.2, 0.25) is 0 Å². The number of non-ortho nitro benzene ring substituents is 1. The fourth-order valence-corrected chi connectivity index (χ4v) is 3.69. The first-order valence-corrected chi connectivity index (χ1v) is 10.2. The van der Waals surface area contributed by atoms with E-state index in [0.29, 0.717) is 0 Å². The van der Waals surface area contributed by atoms with Gasteiger partial charge in [0.1, 0.15) is 5.82 Å². The van der Waals surface area contributed by atoms with Gasteiger partial charge < -0.3 is 5.32 Å². The van der Waals surface area contributed by atoms with Gasteiger partial charge in [-0.3, -0.25) is 19.6 Å². The van der Waals surface area contributed by atoms with E-state index < -0.39 is 26.7 Å². The van der Waals surface area contributed by atoms with Crippen LogP contribution in [0.1, 0.15) is 10.4 Å². The lowest BCUT2D eigenvalue weighted by Crippen LogP contribution is -2.14. The fraction of sp³-hybridized carbons (Fsp3) is 0. The Labute approximate surface area is 175 Å². The quantitative estimate of drug-likeness (QED) is 0.426. The molecule has 154 valence electrons. The summed E-state index contributed by atoms with van der Waals surface area (Å²) in [6.07, 6.45) is 0. The van der Waals surface area contributed by atoms with Crippen LogP contribution in [0.2, 0.25) is 5.02 Å². The van der Waals surface area contributed by atoms with Crippen LogP contribution >= 0.6 is 11.6 Å². The molecular weight excluding hydrogens is 437 g/mol. The first-order valence-electron chi connectivity index (χ1n) is 8.29. The number of benzene rings is 3. The Bertz CT molecular complexity index is 1230. The molecule has 0 aliphatic rings. The first kappa shape index (κ1) is 21.2. The molecule has 30 heavy (non-hydrogen) atoms. The minimum Gasteiger partial charge on any atom is -0.322 e. The number of anilines is 2. The highest BCUT2D eigenvalue weighted by Crippen LogP contribution is 2.23. The summed E-state index contributed by atoms with van der Waals surface area (Å²) in [7, 11) is -3.97. The van der Waals surface area contributed by atoms with Gasteiger partial charge in [0.25, 0.3) is 21.6 Å². The van der Waals surface area contributed by atoms with Crippen LogP contribution in [0, 0.1) is 15.9 Å². The van der Waals surface area contributed by atoms with E-state index in [0.717, 1.165) is 18.2 Å². The summed E-state index contributed by atoms with van der Waals surface area (Å²) < 4.78 is 40.4. The van der Waals surface area contributed by atoms with Crippen molar-refractivity contribution in [3.8, 4) is 0 Å². The van der Waals surface area contributed by atoms with E-state index in [1.807, 2.05) is 0 Å². The Hall–Kier alpha value is -3.50. The molecule has 3 aromatic rings. The van der Waals surface area contributed by atoms with E-state index in [1.54, 1.807) is 0 Å². The van der Waals surface area contributed by atoms with Crippen LogP contribution < -0.4 is 10.0 Å². The number of nitrogens with zero attached hydrogens (tertiary/aromatic N) is 1. The molecule has 8 nitrogen and oxygen atoms in total. The van der Waals surface area contributed by atoms with Crippen LogP contribution in [-0.2, 0) is 10.0 Å². The normalized spacial score (nSPS) is 11.0. The molecule has 0 heterocycles. The van der Waals surface area contributed by atoms with Crippen molar-refractivity contribution in [2.24, 2.45) is 0 Å². The minimum atomic E-state index is -3.97. The Morgan fingerprint density at radius 2 is 1.67 bits per heavy atom. The van der Waals surface area contributed by atoms with E-state index in [-0.39, 0.29) is 32.5 Å². The summed E-state index contributed by atoms with van der Waals surface area (Å²) in [5.74, 6) is -1.27. The maximum Gasteiger partial charge on any atom is 0.270 e. The van der Waals surface area contributed by atoms with Crippen molar-refractivity contribution in [3.05, 3.63) is 93.2 Å². The van der Waals surface area contributed by atoms with Gasteiger partial charge in [-0.15, -0.1) is 0 Å². The lowest BCUT2D eigenvalue weighted by atomic mass is 10.2. The maximum atomic E-state index is 13.2. The van der Waals surface area contributed by atoms with Crippen molar-refractivity contribution < 1.29 is 22.5 Å². The molecule has 0 bridgehead atoms. The molecular formula is C19H13ClFN3O5S. The monoisotopic (exact) mass is 449 g/mol. The molecule has 0 fully saturated rings. The zero-order valence-electron chi connectivity index (χ0n) is 15.0. The standard InChI is InChI=1S/C19H13ClFN3O5S/c20-17-11-14(6-9-18(17)21)23-30(28,29)16-7-4-13(5-8-16)22-19(25)12-2-1-3-15(10-12)24(26)27/h1-11,23H,(H,22,25). The highest BCUT2D eigenvalue weighted by atomic mass is 35.5. The Morgan fingerprint density at radius 1 is 1.00 bits per heavy atom. The second-order valence-electron chi connectivity index (χ2n) is 6.02. The summed E-state index contributed by atoms with van der Waals surface area (Å²) in [5, 5.41) is 13.1. The highest BCUT2D eigenvalue weighted by molar-refractivity contribution is 7.92. The topological polar surface area (TPSA) is 118 Å². The summed E-state index contributed by atoms with van der Waals surface area (Å²) in [4.78, 5) is 22.4. The minimum absolute atomic E-state index is 0.0794. The van der Waals surface area contributed by atoms with Crippen LogP contribution in [0.3, 0.4) is 0 Å². The summed E-state index contributed by atoms with van der Waals surface area (Å²) >= 11 is 5.65. The number of nitro benzene ring substituents is 1. The van der Waals surface area contributed by atoms with Crippen LogP contribution in [0.25, 0.3) is 0 Å². The van der Waals surface area contributed by atoms with Gasteiger partial charge in [0.15, 0.2) is 0 Å². The van der Waals surface area contributed by atoms with Crippen LogP contribution in [0.5, 0.6) is 0 Å². The summed E-state index contributed by atoms with van der Waals surface area (Å²) in [6, 6.07) is 13.8. The molecule has 0 unspecified atom stereocenters. The van der Waals surface area contributed by atoms with Gasteiger partial charge in [-0.25, -0.2) is 12.8 Å². The summed E-state index contributed by atoms with van der Waals surface area (Å²) in [6.45, 7) is 0. The van der Waals surface area contributed by atoms with E-state index >= 15 is 0 Å². The van der Waals surface area contributed by atoms with E-state index in [4.69, 9.17) is 11.6 Å². The van der Waals surface area contributed by atoms with E-state index in [2.05, 4.69) is 10.0 Å². The fourth-order valence-electron chi connectivity index (χ4n) is 2.46. The third-order valence-corrected chi connectivity index (χ3v) is 5.60. The van der Waals surface area contributed by atoms with Crippen molar-refractivity contribution in [3.63, 3.8) is 0 Å². The molecule has 0 aliphatic carbocycles. The number of sulfonamides is 1. The molecule has 0 saturated heterocycles. The van der Waals surface area contributed by atoms with Crippen LogP contribution in [0.4, 0.5) is 21.5 Å². The van der Waals surface area contributed by atoms with Gasteiger partial charge in [0.05, 0.1) is 20.5 Å². The van der Waals surface area contributed by atoms with Crippen molar-refractivity contribution in [1.82, 2.24) is 0 Å². The van der Waals surface area contributed by atoms with Crippen molar-refractivity contribution in [1.29, 1.82) is 0 Å². The van der Waals surface area contributed by atoms with E-state index in [9.17, 15) is 27.7 Å². The predicted molar refractivity (Wildman–Crippen MR) is 110 cm³/mol. The summed E-state index contributed by atoms with van der Waals surface area (Å²) in [5.41, 5.74) is 0.228. The number of halogens is 2. The average molecular weight is 450 g/mol. The van der Waals surface area contributed by atoms with Crippen molar-refractivity contribution >= 4 is 44.6 Å². The number of amides is 1. The molecule has 2 N–H and O–H groups in total. The molecule has 0 atom stereocenters. The zero-order valence-corrected chi connectivity index (χ0v) is 16.6. The first-order chi connectivity index (χ1) is 14.2. The van der Waals surface area contributed by atoms with Gasteiger partial charge in [-0.05, 0) is 48.5 Å². The van der Waals surface area contributed by atoms with Gasteiger partial charge >= 0.3 is 0 Å². The Balaban J connectivity index is 1.73. The number of hydrogen-bond donors (Lipinski definition) is 2. The second-order valence-corrected chi connectivity index (χ2v) is 8.11. The van der Waals surface area contributed by atoms with Crippen molar-refractivity contribution in [2.75, 3.05) is 10.0 Å². The molecule has 11 heteroatoms. The smallest absolute Gasteiger partial charge is 0.270 e. The molecule has 0 saturated carbocycles. The number of rotatable bonds is 6. The SMILES string of the molecule is O=C(Nc1ccc(S(=O)(=O)Nc2ccc(F)c(Cl)c2)cc1)c1cccc([N+](=O)[O-])c1.